The van der Waals surface area contributed by atoms with Gasteiger partial charge in [-0.3, -0.25) is 0 Å². The molecule has 0 radical (unpaired) electrons. The van der Waals surface area contributed by atoms with Crippen molar-refractivity contribution in [3.05, 3.63) is 51.3 Å². The van der Waals surface area contributed by atoms with E-state index in [1.807, 2.05) is 18.2 Å². The van der Waals surface area contributed by atoms with Gasteiger partial charge in [-0.2, -0.15) is 4.39 Å². The molecule has 16 heavy (non-hydrogen) atoms. The van der Waals surface area contributed by atoms with E-state index in [1.54, 1.807) is 12.1 Å². The van der Waals surface area contributed by atoms with Crippen LogP contribution in [0.1, 0.15) is 0 Å². The van der Waals surface area contributed by atoms with Crippen LogP contribution in [-0.2, 0) is 0 Å². The van der Waals surface area contributed by atoms with Gasteiger partial charge in [-0.25, -0.2) is 4.98 Å². The molecule has 0 saturated heterocycles. The zero-order valence-electron chi connectivity index (χ0n) is 8.05. The lowest BCUT2D eigenvalue weighted by molar-refractivity contribution is 0.585. The summed E-state index contributed by atoms with van der Waals surface area (Å²) in [5.41, 5.74) is 0.835. The highest BCUT2D eigenvalue weighted by Crippen LogP contribution is 2.28. The van der Waals surface area contributed by atoms with Crippen LogP contribution in [0.15, 0.2) is 45.3 Å². The van der Waals surface area contributed by atoms with Gasteiger partial charge in [0, 0.05) is 8.95 Å². The minimum Gasteiger partial charge on any atom is -0.339 e. The summed E-state index contributed by atoms with van der Waals surface area (Å²) in [7, 11) is 0. The third-order valence-corrected chi connectivity index (χ3v) is 3.06. The van der Waals surface area contributed by atoms with Crippen LogP contribution in [0.4, 0.5) is 15.9 Å². The monoisotopic (exact) mass is 344 g/mol. The molecule has 0 fully saturated rings. The van der Waals surface area contributed by atoms with Gasteiger partial charge < -0.3 is 5.32 Å². The van der Waals surface area contributed by atoms with E-state index in [-0.39, 0.29) is 0 Å². The number of nitrogens with zero attached hydrogens (tertiary/aromatic N) is 1. The molecule has 0 saturated carbocycles. The van der Waals surface area contributed by atoms with Crippen molar-refractivity contribution in [1.82, 2.24) is 4.98 Å². The van der Waals surface area contributed by atoms with Crippen LogP contribution in [0.2, 0.25) is 0 Å². The van der Waals surface area contributed by atoms with Crippen LogP contribution >= 0.6 is 31.9 Å². The first-order valence-corrected chi connectivity index (χ1v) is 6.08. The van der Waals surface area contributed by atoms with E-state index < -0.39 is 5.95 Å². The average molecular weight is 346 g/mol. The Hall–Kier alpha value is -0.940. The van der Waals surface area contributed by atoms with E-state index in [0.29, 0.717) is 5.82 Å². The quantitative estimate of drug-likeness (QED) is 0.811. The summed E-state index contributed by atoms with van der Waals surface area (Å²) < 4.78 is 14.7. The number of nitrogens with one attached hydrogen (secondary N) is 1. The van der Waals surface area contributed by atoms with Crippen LogP contribution < -0.4 is 5.32 Å². The van der Waals surface area contributed by atoms with Crippen molar-refractivity contribution in [3.63, 3.8) is 0 Å². The van der Waals surface area contributed by atoms with Gasteiger partial charge in [0.15, 0.2) is 0 Å². The molecule has 82 valence electrons. The highest BCUT2D eigenvalue weighted by atomic mass is 79.9. The first-order chi connectivity index (χ1) is 7.65. The van der Waals surface area contributed by atoms with Gasteiger partial charge in [0.1, 0.15) is 5.82 Å². The highest BCUT2D eigenvalue weighted by Gasteiger charge is 2.02. The summed E-state index contributed by atoms with van der Waals surface area (Å²) in [5.74, 6) is -0.0266. The molecular formula is C11H7Br2FN2. The first kappa shape index (κ1) is 11.5. The van der Waals surface area contributed by atoms with Crippen molar-refractivity contribution >= 4 is 43.4 Å². The topological polar surface area (TPSA) is 24.9 Å². The summed E-state index contributed by atoms with van der Waals surface area (Å²) >= 11 is 6.77. The lowest BCUT2D eigenvalue weighted by Crippen LogP contribution is -1.95. The second kappa shape index (κ2) is 4.93. The van der Waals surface area contributed by atoms with E-state index in [0.717, 1.165) is 14.6 Å². The fourth-order valence-electron chi connectivity index (χ4n) is 1.21. The number of pyridine rings is 1. The molecule has 5 heteroatoms. The number of hydrogen-bond donors (Lipinski definition) is 1. The van der Waals surface area contributed by atoms with Crippen LogP contribution in [0, 0.1) is 5.95 Å². The summed E-state index contributed by atoms with van der Waals surface area (Å²) in [6, 6.07) is 10.3. The lowest BCUT2D eigenvalue weighted by atomic mass is 10.3. The second-order valence-corrected chi connectivity index (χ2v) is 4.86. The van der Waals surface area contributed by atoms with Crippen LogP contribution in [0.3, 0.4) is 0 Å². The molecular weight excluding hydrogens is 339 g/mol. The van der Waals surface area contributed by atoms with E-state index in [2.05, 4.69) is 42.2 Å². The minimum absolute atomic E-state index is 0.475. The summed E-state index contributed by atoms with van der Waals surface area (Å²) in [6.45, 7) is 0. The summed E-state index contributed by atoms with van der Waals surface area (Å²) in [4.78, 5) is 3.72. The number of anilines is 2. The zero-order valence-corrected chi connectivity index (χ0v) is 11.2. The second-order valence-electron chi connectivity index (χ2n) is 3.09. The summed E-state index contributed by atoms with van der Waals surface area (Å²) in [5, 5.41) is 3.02. The van der Waals surface area contributed by atoms with Gasteiger partial charge in [0.25, 0.3) is 0 Å². The fraction of sp³-hybridized carbons (Fsp3) is 0. The van der Waals surface area contributed by atoms with Crippen molar-refractivity contribution in [2.24, 2.45) is 0 Å². The Labute approximate surface area is 109 Å². The predicted octanol–water partition coefficient (Wildman–Crippen LogP) is 4.49. The Balaban J connectivity index is 2.27. The molecule has 1 aromatic carbocycles. The standard InChI is InChI=1S/C11H7Br2FN2/c12-7-4-5-9(8(13)6-7)15-11-3-1-2-10(14)16-11/h1-6H,(H,15,16). The largest absolute Gasteiger partial charge is 0.339 e. The molecule has 0 unspecified atom stereocenters. The molecule has 1 N–H and O–H groups in total. The smallest absolute Gasteiger partial charge is 0.214 e. The number of rotatable bonds is 2. The molecule has 0 atom stereocenters. The Bertz CT molecular complexity index is 517. The Morgan fingerprint density at radius 1 is 1.12 bits per heavy atom. The Morgan fingerprint density at radius 3 is 2.62 bits per heavy atom. The molecule has 2 aromatic rings. The van der Waals surface area contributed by atoms with Crippen LogP contribution in [0.25, 0.3) is 0 Å². The first-order valence-electron chi connectivity index (χ1n) is 4.50. The molecule has 2 nitrogen and oxygen atoms in total. The van der Waals surface area contributed by atoms with Gasteiger partial charge in [0.05, 0.1) is 5.69 Å². The Kier molecular flexibility index (Phi) is 3.56. The molecule has 0 amide bonds. The molecule has 1 heterocycles. The molecule has 0 aliphatic carbocycles. The fourth-order valence-corrected chi connectivity index (χ4v) is 2.35. The average Bonchev–Trinajstić information content (AvgIpc) is 2.22. The van der Waals surface area contributed by atoms with E-state index in [9.17, 15) is 4.39 Å². The van der Waals surface area contributed by atoms with Crippen LogP contribution in [-0.4, -0.2) is 4.98 Å². The zero-order chi connectivity index (χ0) is 11.5. The summed E-state index contributed by atoms with van der Waals surface area (Å²) in [6.07, 6.45) is 0. The molecule has 0 aliphatic heterocycles. The number of benzene rings is 1. The molecule has 0 aliphatic rings. The lowest BCUT2D eigenvalue weighted by Gasteiger charge is -2.07. The van der Waals surface area contributed by atoms with E-state index in [1.165, 1.54) is 6.07 Å². The van der Waals surface area contributed by atoms with Crippen LogP contribution in [0.5, 0.6) is 0 Å². The maximum atomic E-state index is 12.9. The molecule has 0 bridgehead atoms. The maximum absolute atomic E-state index is 12.9. The van der Waals surface area contributed by atoms with Crippen molar-refractivity contribution in [2.75, 3.05) is 5.32 Å². The molecule has 0 spiro atoms. The van der Waals surface area contributed by atoms with E-state index >= 15 is 0 Å². The van der Waals surface area contributed by atoms with Gasteiger partial charge in [0.2, 0.25) is 5.95 Å². The highest BCUT2D eigenvalue weighted by molar-refractivity contribution is 9.11. The van der Waals surface area contributed by atoms with Crippen molar-refractivity contribution < 1.29 is 4.39 Å². The number of halogens is 3. The predicted molar refractivity (Wildman–Crippen MR) is 69.3 cm³/mol. The van der Waals surface area contributed by atoms with E-state index in [4.69, 9.17) is 0 Å². The minimum atomic E-state index is -0.502. The number of hydrogen-bond acceptors (Lipinski definition) is 2. The van der Waals surface area contributed by atoms with Crippen molar-refractivity contribution in [3.8, 4) is 0 Å². The van der Waals surface area contributed by atoms with Crippen molar-refractivity contribution in [2.45, 2.75) is 0 Å². The van der Waals surface area contributed by atoms with Gasteiger partial charge in [-0.05, 0) is 46.3 Å². The molecule has 2 rings (SSSR count). The third kappa shape index (κ3) is 2.80. The maximum Gasteiger partial charge on any atom is 0.214 e. The SMILES string of the molecule is Fc1cccc(Nc2ccc(Br)cc2Br)n1. The molecule has 1 aromatic heterocycles. The van der Waals surface area contributed by atoms with Gasteiger partial charge in [-0.1, -0.05) is 22.0 Å². The van der Waals surface area contributed by atoms with Crippen molar-refractivity contribution in [1.29, 1.82) is 0 Å². The normalized spacial score (nSPS) is 10.2. The van der Waals surface area contributed by atoms with Gasteiger partial charge in [-0.15, -0.1) is 0 Å². The number of aromatic nitrogens is 1. The Morgan fingerprint density at radius 2 is 1.94 bits per heavy atom. The third-order valence-electron chi connectivity index (χ3n) is 1.91. The van der Waals surface area contributed by atoms with Gasteiger partial charge >= 0.3 is 0 Å².